The van der Waals surface area contributed by atoms with Gasteiger partial charge in [-0.05, 0) is 0 Å². The first-order chi connectivity index (χ1) is 13.4. The zero-order chi connectivity index (χ0) is 23.6. The zero-order valence-electron chi connectivity index (χ0n) is 16.0. The molecule has 0 aromatic heterocycles. The molecule has 0 rings (SSSR count). The molecule has 0 saturated carbocycles. The monoisotopic (exact) mass is 526 g/mol. The summed E-state index contributed by atoms with van der Waals surface area (Å²) in [6.07, 6.45) is 0. The summed E-state index contributed by atoms with van der Waals surface area (Å²) in [4.78, 5) is 53.1. The zero-order valence-corrected chi connectivity index (χ0v) is 19.5. The summed E-state index contributed by atoms with van der Waals surface area (Å²) in [6.45, 7) is -0.228. The summed E-state index contributed by atoms with van der Waals surface area (Å²) >= 11 is 0. The van der Waals surface area contributed by atoms with E-state index in [0.717, 1.165) is 0 Å². The molecule has 20 heteroatoms. The van der Waals surface area contributed by atoms with Crippen LogP contribution in [0.4, 0.5) is 0 Å². The molecule has 0 saturated heterocycles. The third kappa shape index (κ3) is 19.1. The molecule has 0 aromatic rings. The van der Waals surface area contributed by atoms with Crippen LogP contribution in [0.3, 0.4) is 0 Å². The molecule has 4 atom stereocenters. The molecule has 0 amide bonds. The van der Waals surface area contributed by atoms with Crippen molar-refractivity contribution in [1.29, 1.82) is 0 Å². The van der Waals surface area contributed by atoms with E-state index < -0.39 is 82.8 Å². The fraction of sp³-hybridized carbons (Fsp3) is 1.00. The van der Waals surface area contributed by atoms with Crippen LogP contribution in [0.2, 0.25) is 0 Å². The average molecular weight is 526 g/mol. The Labute approximate surface area is 172 Å². The minimum atomic E-state index is -4.68. The van der Waals surface area contributed by atoms with Crippen LogP contribution in [-0.4, -0.2) is 69.0 Å². The van der Waals surface area contributed by atoms with Gasteiger partial charge in [-0.3, -0.25) is 27.1 Å². The van der Waals surface area contributed by atoms with Crippen LogP contribution in [0.5, 0.6) is 0 Å². The van der Waals surface area contributed by atoms with E-state index in [9.17, 15) is 28.0 Å². The number of phosphoric ester groups is 4. The fourth-order valence-corrected chi connectivity index (χ4v) is 3.91. The van der Waals surface area contributed by atoms with Crippen molar-refractivity contribution in [3.8, 4) is 0 Å². The van der Waals surface area contributed by atoms with E-state index in [4.69, 9.17) is 19.6 Å². The first-order valence-corrected chi connectivity index (χ1v) is 14.1. The van der Waals surface area contributed by atoms with Crippen molar-refractivity contribution in [3.63, 3.8) is 0 Å². The van der Waals surface area contributed by atoms with Gasteiger partial charge in [0.25, 0.3) is 0 Å². The quantitative estimate of drug-likeness (QED) is 0.113. The van der Waals surface area contributed by atoms with E-state index in [0.29, 0.717) is 0 Å². The van der Waals surface area contributed by atoms with Crippen LogP contribution in [0.15, 0.2) is 0 Å². The molecule has 0 heterocycles. The van der Waals surface area contributed by atoms with E-state index in [2.05, 4.69) is 27.1 Å². The highest BCUT2D eigenvalue weighted by molar-refractivity contribution is 7.47. The molecule has 4 unspecified atom stereocenters. The van der Waals surface area contributed by atoms with Crippen LogP contribution in [0.25, 0.3) is 0 Å². The molecule has 0 aliphatic rings. The van der Waals surface area contributed by atoms with Crippen LogP contribution in [0.1, 0.15) is 13.8 Å². The van der Waals surface area contributed by atoms with E-state index in [-0.39, 0.29) is 0 Å². The van der Waals surface area contributed by atoms with Gasteiger partial charge in [-0.1, -0.05) is 13.8 Å². The number of hydrogen-bond acceptors (Lipinski definition) is 10. The molecule has 0 aliphatic heterocycles. The van der Waals surface area contributed by atoms with Crippen LogP contribution < -0.4 is 0 Å². The molecule has 16 nitrogen and oxygen atoms in total. The van der Waals surface area contributed by atoms with Crippen molar-refractivity contribution in [2.75, 3.05) is 39.6 Å². The summed E-state index contributed by atoms with van der Waals surface area (Å²) in [5, 5.41) is 0. The van der Waals surface area contributed by atoms with Gasteiger partial charge in [-0.25, -0.2) is 18.3 Å². The Morgan fingerprint density at radius 2 is 0.800 bits per heavy atom. The second-order valence-corrected chi connectivity index (χ2v) is 11.4. The Bertz CT molecular complexity index is 628. The van der Waals surface area contributed by atoms with Crippen LogP contribution in [-0.2, 0) is 45.4 Å². The number of rotatable bonds is 17. The molecular weight excluding hydrogens is 500 g/mol. The van der Waals surface area contributed by atoms with Gasteiger partial charge in [-0.15, -0.1) is 0 Å². The van der Waals surface area contributed by atoms with Gasteiger partial charge in [0.05, 0.1) is 39.6 Å². The first-order valence-electron chi connectivity index (χ1n) is 8.05. The molecule has 0 radical (unpaired) electrons. The van der Waals surface area contributed by atoms with Gasteiger partial charge in [0.15, 0.2) is 0 Å². The minimum absolute atomic E-state index is 0.440. The van der Waals surface area contributed by atoms with Gasteiger partial charge in [-0.2, -0.15) is 0 Å². The molecule has 30 heavy (non-hydrogen) atoms. The maximum absolute atomic E-state index is 11.6. The van der Waals surface area contributed by atoms with Crippen molar-refractivity contribution >= 4 is 31.3 Å². The Morgan fingerprint density at radius 3 is 1.07 bits per heavy atom. The van der Waals surface area contributed by atoms with Gasteiger partial charge in [0.1, 0.15) is 0 Å². The smallest absolute Gasteiger partial charge is 0.303 e. The molecule has 0 spiro atoms. The Hall–Kier alpha value is 0.440. The Balaban J connectivity index is 4.11. The lowest BCUT2D eigenvalue weighted by atomic mass is 10.2. The molecule has 6 N–H and O–H groups in total. The van der Waals surface area contributed by atoms with Crippen LogP contribution in [0, 0.1) is 11.8 Å². The topological polar surface area (TPSA) is 245 Å². The molecule has 0 aliphatic carbocycles. The van der Waals surface area contributed by atoms with E-state index in [1.807, 2.05) is 0 Å². The standard InChI is InChI=1S/C10H26O16P4/c1-9(5-23-27(11,12)13)7-25-29(17,18)21-3-4-22-30(19,20)26-8-10(2)6-24-28(14,15)16/h9-10H,3-8H2,1-2H3,(H,17,18)(H,19,20)(H2,11,12,13)(H2,14,15,16). The van der Waals surface area contributed by atoms with Crippen molar-refractivity contribution in [2.24, 2.45) is 11.8 Å². The minimum Gasteiger partial charge on any atom is -0.303 e. The highest BCUT2D eigenvalue weighted by Gasteiger charge is 2.26. The van der Waals surface area contributed by atoms with E-state index in [1.165, 1.54) is 13.8 Å². The summed E-state index contributed by atoms with van der Waals surface area (Å²) in [7, 11) is -18.5. The van der Waals surface area contributed by atoms with Gasteiger partial charge < -0.3 is 29.4 Å². The fourth-order valence-electron chi connectivity index (χ4n) is 1.37. The highest BCUT2D eigenvalue weighted by atomic mass is 31.2. The van der Waals surface area contributed by atoms with Crippen LogP contribution >= 0.6 is 31.3 Å². The lowest BCUT2D eigenvalue weighted by molar-refractivity contribution is 0.0801. The lowest BCUT2D eigenvalue weighted by Gasteiger charge is -2.17. The molecular formula is C10H26O16P4. The summed E-state index contributed by atoms with van der Waals surface area (Å²) < 4.78 is 70.9. The molecule has 0 bridgehead atoms. The molecule has 182 valence electrons. The molecule has 0 aromatic carbocycles. The SMILES string of the molecule is CC(COP(=O)(O)O)COP(=O)(O)OCCOP(=O)(O)OCC(C)COP(=O)(O)O. The maximum Gasteiger partial charge on any atom is 0.472 e. The predicted octanol–water partition coefficient (Wildman–Crippen LogP) is 0.744. The second kappa shape index (κ2) is 13.2. The third-order valence-corrected chi connectivity index (χ3v) is 5.63. The summed E-state index contributed by atoms with van der Waals surface area (Å²) in [6, 6.07) is 0. The van der Waals surface area contributed by atoms with Crippen molar-refractivity contribution < 1.29 is 74.8 Å². The summed E-state index contributed by atoms with van der Waals surface area (Å²) in [5.74, 6) is -1.33. The largest absolute Gasteiger partial charge is 0.472 e. The van der Waals surface area contributed by atoms with E-state index >= 15 is 0 Å². The average Bonchev–Trinajstić information content (AvgIpc) is 2.57. The number of phosphoric acid groups is 4. The first kappa shape index (κ1) is 30.4. The Morgan fingerprint density at radius 1 is 0.533 bits per heavy atom. The van der Waals surface area contributed by atoms with Crippen molar-refractivity contribution in [1.82, 2.24) is 0 Å². The normalized spacial score (nSPS) is 19.1. The number of hydrogen-bond donors (Lipinski definition) is 6. The summed E-state index contributed by atoms with van der Waals surface area (Å²) in [5.41, 5.74) is 0. The maximum atomic E-state index is 11.6. The highest BCUT2D eigenvalue weighted by Crippen LogP contribution is 2.46. The third-order valence-electron chi connectivity index (χ3n) is 2.69. The van der Waals surface area contributed by atoms with Gasteiger partial charge >= 0.3 is 31.3 Å². The second-order valence-electron chi connectivity index (χ2n) is 5.98. The van der Waals surface area contributed by atoms with Gasteiger partial charge in [0, 0.05) is 11.8 Å². The lowest BCUT2D eigenvalue weighted by Crippen LogP contribution is -2.13. The molecule has 0 fully saturated rings. The van der Waals surface area contributed by atoms with Crippen molar-refractivity contribution in [2.45, 2.75) is 13.8 Å². The van der Waals surface area contributed by atoms with E-state index in [1.54, 1.807) is 0 Å². The van der Waals surface area contributed by atoms with Crippen molar-refractivity contribution in [3.05, 3.63) is 0 Å². The van der Waals surface area contributed by atoms with Gasteiger partial charge in [0.2, 0.25) is 0 Å². The Kier molecular flexibility index (Phi) is 13.4. The predicted molar refractivity (Wildman–Crippen MR) is 97.8 cm³/mol.